The van der Waals surface area contributed by atoms with E-state index in [0.29, 0.717) is 6.54 Å². The maximum atomic E-state index is 12.6. The van der Waals surface area contributed by atoms with Crippen molar-refractivity contribution in [3.05, 3.63) is 23.8 Å². The molecule has 0 amide bonds. The second-order valence-corrected chi connectivity index (χ2v) is 7.24. The lowest BCUT2D eigenvalue weighted by atomic mass is 9.96. The van der Waals surface area contributed by atoms with E-state index in [0.717, 1.165) is 13.0 Å². The zero-order chi connectivity index (χ0) is 17.0. The summed E-state index contributed by atoms with van der Waals surface area (Å²) in [6, 6.07) is 3.95. The van der Waals surface area contributed by atoms with E-state index in [1.807, 2.05) is 6.92 Å². The fourth-order valence-corrected chi connectivity index (χ4v) is 4.04. The smallest absolute Gasteiger partial charge is 0.337 e. The van der Waals surface area contributed by atoms with Crippen molar-refractivity contribution < 1.29 is 22.7 Å². The molecule has 1 aliphatic heterocycles. The minimum atomic E-state index is -3.75. The van der Waals surface area contributed by atoms with Crippen molar-refractivity contribution in [1.82, 2.24) is 10.0 Å². The number of methoxy groups -OCH3 is 2. The normalized spacial score (nSPS) is 20.8. The number of carbonyl (C=O) groups excluding carboxylic acids is 1. The van der Waals surface area contributed by atoms with Crippen LogP contribution in [-0.2, 0) is 14.8 Å². The Labute approximate surface area is 148 Å². The van der Waals surface area contributed by atoms with Gasteiger partial charge in [-0.05, 0) is 37.1 Å². The van der Waals surface area contributed by atoms with Crippen molar-refractivity contribution in [2.45, 2.75) is 24.3 Å². The van der Waals surface area contributed by atoms with Gasteiger partial charge in [0.25, 0.3) is 0 Å². The molecule has 0 spiro atoms. The van der Waals surface area contributed by atoms with E-state index >= 15 is 0 Å². The van der Waals surface area contributed by atoms with Gasteiger partial charge in [-0.15, -0.1) is 12.4 Å². The number of hydrogen-bond acceptors (Lipinski definition) is 6. The largest absolute Gasteiger partial charge is 0.495 e. The van der Waals surface area contributed by atoms with E-state index in [4.69, 9.17) is 4.74 Å². The molecule has 0 aromatic heterocycles. The zero-order valence-corrected chi connectivity index (χ0v) is 15.5. The number of ether oxygens (including phenoxy) is 2. The van der Waals surface area contributed by atoms with Crippen LogP contribution in [-0.4, -0.2) is 47.7 Å². The van der Waals surface area contributed by atoms with Gasteiger partial charge < -0.3 is 14.8 Å². The maximum Gasteiger partial charge on any atom is 0.337 e. The first-order valence-electron chi connectivity index (χ1n) is 7.38. The molecule has 7 nitrogen and oxygen atoms in total. The summed E-state index contributed by atoms with van der Waals surface area (Å²) in [5.41, 5.74) is 0.232. The lowest BCUT2D eigenvalue weighted by Gasteiger charge is -2.30. The van der Waals surface area contributed by atoms with E-state index in [2.05, 4.69) is 14.8 Å². The number of sulfonamides is 1. The Morgan fingerprint density at radius 3 is 2.62 bits per heavy atom. The van der Waals surface area contributed by atoms with Crippen LogP contribution in [0.1, 0.15) is 23.7 Å². The fraction of sp³-hybridized carbons (Fsp3) is 0.533. The van der Waals surface area contributed by atoms with Crippen LogP contribution in [0.15, 0.2) is 23.1 Å². The Bertz CT molecular complexity index is 680. The summed E-state index contributed by atoms with van der Waals surface area (Å²) in [5.74, 6) is -0.200. The molecule has 2 unspecified atom stereocenters. The molecule has 1 saturated heterocycles. The SMILES string of the molecule is COC(=O)c1ccc(S(=O)(=O)NC2CNCCC2C)c(OC)c1.Cl. The van der Waals surface area contributed by atoms with Crippen LogP contribution < -0.4 is 14.8 Å². The third kappa shape index (κ3) is 4.60. The molecule has 2 N–H and O–H groups in total. The van der Waals surface area contributed by atoms with Gasteiger partial charge in [0.15, 0.2) is 0 Å². The molecular weight excluding hydrogens is 356 g/mol. The molecule has 1 aliphatic rings. The first-order chi connectivity index (χ1) is 10.9. The first-order valence-corrected chi connectivity index (χ1v) is 8.86. The minimum absolute atomic E-state index is 0. The van der Waals surface area contributed by atoms with Gasteiger partial charge in [-0.2, -0.15) is 0 Å². The predicted molar refractivity (Wildman–Crippen MR) is 92.3 cm³/mol. The molecule has 9 heteroatoms. The molecule has 0 bridgehead atoms. The average Bonchev–Trinajstić information content (AvgIpc) is 2.55. The number of rotatable bonds is 5. The van der Waals surface area contributed by atoms with Gasteiger partial charge >= 0.3 is 5.97 Å². The standard InChI is InChI=1S/C15H22N2O5S.ClH/c1-10-6-7-16-9-12(10)17-23(19,20)14-5-4-11(15(18)22-3)8-13(14)21-2;/h4-5,8,10,12,16-17H,6-7,9H2,1-3H3;1H. The maximum absolute atomic E-state index is 12.6. The number of piperidine rings is 1. The highest BCUT2D eigenvalue weighted by Gasteiger charge is 2.29. The van der Waals surface area contributed by atoms with Crippen molar-refractivity contribution in [3.63, 3.8) is 0 Å². The van der Waals surface area contributed by atoms with Crippen LogP contribution in [0, 0.1) is 5.92 Å². The van der Waals surface area contributed by atoms with Gasteiger partial charge in [0, 0.05) is 12.6 Å². The Hall–Kier alpha value is -1.35. The summed E-state index contributed by atoms with van der Waals surface area (Å²) in [4.78, 5) is 11.6. The van der Waals surface area contributed by atoms with E-state index in [1.165, 1.54) is 32.4 Å². The van der Waals surface area contributed by atoms with E-state index in [9.17, 15) is 13.2 Å². The van der Waals surface area contributed by atoms with Crippen LogP contribution >= 0.6 is 12.4 Å². The third-order valence-corrected chi connectivity index (χ3v) is 5.54. The van der Waals surface area contributed by atoms with Crippen molar-refractivity contribution in [2.24, 2.45) is 5.92 Å². The lowest BCUT2D eigenvalue weighted by molar-refractivity contribution is 0.0600. The Kier molecular flexibility index (Phi) is 7.47. The second-order valence-electron chi connectivity index (χ2n) is 5.56. The molecule has 0 saturated carbocycles. The molecule has 2 atom stereocenters. The molecule has 136 valence electrons. The Morgan fingerprint density at radius 2 is 2.04 bits per heavy atom. The first kappa shape index (κ1) is 20.7. The highest BCUT2D eigenvalue weighted by molar-refractivity contribution is 7.89. The highest BCUT2D eigenvalue weighted by Crippen LogP contribution is 2.26. The molecule has 1 aromatic rings. The second kappa shape index (κ2) is 8.66. The number of carbonyl (C=O) groups is 1. The number of halogens is 1. The molecule has 2 rings (SSSR count). The number of hydrogen-bond donors (Lipinski definition) is 2. The summed E-state index contributed by atoms with van der Waals surface area (Å²) in [5, 5.41) is 3.18. The highest BCUT2D eigenvalue weighted by atomic mass is 35.5. The number of benzene rings is 1. The minimum Gasteiger partial charge on any atom is -0.495 e. The molecule has 0 aliphatic carbocycles. The zero-order valence-electron chi connectivity index (χ0n) is 13.9. The quantitative estimate of drug-likeness (QED) is 0.747. The molecule has 0 radical (unpaired) electrons. The Balaban J connectivity index is 0.00000288. The topological polar surface area (TPSA) is 93.7 Å². The van der Waals surface area contributed by atoms with Gasteiger partial charge in [-0.3, -0.25) is 0 Å². The Morgan fingerprint density at radius 1 is 1.33 bits per heavy atom. The lowest BCUT2D eigenvalue weighted by Crippen LogP contribution is -2.50. The summed E-state index contributed by atoms with van der Waals surface area (Å²) in [7, 11) is -1.13. The monoisotopic (exact) mass is 378 g/mol. The van der Waals surface area contributed by atoms with Crippen LogP contribution in [0.5, 0.6) is 5.75 Å². The van der Waals surface area contributed by atoms with Crippen LogP contribution in [0.4, 0.5) is 0 Å². The third-order valence-electron chi connectivity index (χ3n) is 4.01. The summed E-state index contributed by atoms with van der Waals surface area (Å²) >= 11 is 0. The van der Waals surface area contributed by atoms with Crippen LogP contribution in [0.2, 0.25) is 0 Å². The van der Waals surface area contributed by atoms with Gasteiger partial charge in [0.05, 0.1) is 19.8 Å². The average molecular weight is 379 g/mol. The van der Waals surface area contributed by atoms with Gasteiger partial charge in [0.2, 0.25) is 10.0 Å². The molecular formula is C15H23ClN2O5S. The summed E-state index contributed by atoms with van der Waals surface area (Å²) < 4.78 is 37.8. The van der Waals surface area contributed by atoms with Gasteiger partial charge in [0.1, 0.15) is 10.6 Å². The van der Waals surface area contributed by atoms with Crippen molar-refractivity contribution >= 4 is 28.4 Å². The summed E-state index contributed by atoms with van der Waals surface area (Å²) in [6.07, 6.45) is 0.908. The van der Waals surface area contributed by atoms with Crippen LogP contribution in [0.25, 0.3) is 0 Å². The van der Waals surface area contributed by atoms with Crippen LogP contribution in [0.3, 0.4) is 0 Å². The van der Waals surface area contributed by atoms with E-state index in [1.54, 1.807) is 0 Å². The van der Waals surface area contributed by atoms with E-state index in [-0.39, 0.29) is 40.6 Å². The predicted octanol–water partition coefficient (Wildman–Crippen LogP) is 1.18. The number of nitrogens with one attached hydrogen (secondary N) is 2. The van der Waals surface area contributed by atoms with Crippen molar-refractivity contribution in [1.29, 1.82) is 0 Å². The molecule has 1 heterocycles. The van der Waals surface area contributed by atoms with E-state index < -0.39 is 16.0 Å². The van der Waals surface area contributed by atoms with Gasteiger partial charge in [-0.1, -0.05) is 6.92 Å². The molecule has 1 fully saturated rings. The fourth-order valence-electron chi connectivity index (χ4n) is 2.54. The van der Waals surface area contributed by atoms with Crippen molar-refractivity contribution in [3.8, 4) is 5.75 Å². The van der Waals surface area contributed by atoms with Gasteiger partial charge in [-0.25, -0.2) is 17.9 Å². The van der Waals surface area contributed by atoms with Crippen molar-refractivity contribution in [2.75, 3.05) is 27.3 Å². The summed E-state index contributed by atoms with van der Waals surface area (Å²) in [6.45, 7) is 3.49. The molecule has 24 heavy (non-hydrogen) atoms. The molecule has 1 aromatic carbocycles. The number of esters is 1.